The molecular formula is C20H22N4O2. The highest BCUT2D eigenvalue weighted by Gasteiger charge is 2.14. The first kappa shape index (κ1) is 17.8. The maximum Gasteiger partial charge on any atom is 0.243 e. The van der Waals surface area contributed by atoms with Crippen LogP contribution in [-0.2, 0) is 17.8 Å². The molecule has 1 aromatic heterocycles. The largest absolute Gasteiger partial charge is 0.338 e. The molecule has 2 aromatic carbocycles. The number of hydrogen-bond donors (Lipinski definition) is 2. The van der Waals surface area contributed by atoms with E-state index in [0.717, 1.165) is 16.8 Å². The lowest BCUT2D eigenvalue weighted by Crippen LogP contribution is -2.18. The molecule has 0 aliphatic heterocycles. The summed E-state index contributed by atoms with van der Waals surface area (Å²) < 4.78 is 5.38. The number of benzene rings is 2. The van der Waals surface area contributed by atoms with Crippen LogP contribution >= 0.6 is 0 Å². The van der Waals surface area contributed by atoms with Crippen molar-refractivity contribution in [2.75, 3.05) is 5.32 Å². The summed E-state index contributed by atoms with van der Waals surface area (Å²) in [4.78, 5) is 15.5. The number of rotatable bonds is 7. The first-order chi connectivity index (χ1) is 12.6. The second-order valence-electron chi connectivity index (χ2n) is 6.19. The fourth-order valence-electron chi connectivity index (χ4n) is 2.56. The van der Waals surface area contributed by atoms with Crippen molar-refractivity contribution in [3.05, 3.63) is 77.4 Å². The SMILES string of the molecule is CC(=O)Nc1ccc(CNC(C)c2nc(Cc3ccccc3)no2)cc1. The molecule has 2 N–H and O–H groups in total. The van der Waals surface area contributed by atoms with E-state index >= 15 is 0 Å². The van der Waals surface area contributed by atoms with Crippen molar-refractivity contribution in [2.45, 2.75) is 32.9 Å². The van der Waals surface area contributed by atoms with Gasteiger partial charge in [-0.1, -0.05) is 47.6 Å². The van der Waals surface area contributed by atoms with Crippen LogP contribution in [0.1, 0.15) is 42.7 Å². The molecule has 0 fully saturated rings. The smallest absolute Gasteiger partial charge is 0.243 e. The van der Waals surface area contributed by atoms with E-state index in [0.29, 0.717) is 24.7 Å². The van der Waals surface area contributed by atoms with Gasteiger partial charge in [0.15, 0.2) is 5.82 Å². The van der Waals surface area contributed by atoms with Crippen LogP contribution in [-0.4, -0.2) is 16.0 Å². The molecule has 1 unspecified atom stereocenters. The summed E-state index contributed by atoms with van der Waals surface area (Å²) in [6, 6.07) is 17.7. The lowest BCUT2D eigenvalue weighted by molar-refractivity contribution is -0.114. The average Bonchev–Trinajstić information content (AvgIpc) is 3.10. The summed E-state index contributed by atoms with van der Waals surface area (Å²) in [6.07, 6.45) is 0.654. The van der Waals surface area contributed by atoms with Crippen molar-refractivity contribution in [2.24, 2.45) is 0 Å². The van der Waals surface area contributed by atoms with Gasteiger partial charge in [0.1, 0.15) is 0 Å². The molecule has 6 nitrogen and oxygen atoms in total. The molecule has 3 aromatic rings. The van der Waals surface area contributed by atoms with Crippen molar-refractivity contribution in [1.29, 1.82) is 0 Å². The number of anilines is 1. The Labute approximate surface area is 152 Å². The van der Waals surface area contributed by atoms with Gasteiger partial charge in [-0.3, -0.25) is 4.79 Å². The van der Waals surface area contributed by atoms with Gasteiger partial charge in [-0.15, -0.1) is 0 Å². The predicted molar refractivity (Wildman–Crippen MR) is 99.5 cm³/mol. The second-order valence-corrected chi connectivity index (χ2v) is 6.19. The Balaban J connectivity index is 1.53. The molecular weight excluding hydrogens is 328 g/mol. The lowest BCUT2D eigenvalue weighted by Gasteiger charge is -2.10. The van der Waals surface area contributed by atoms with Gasteiger partial charge in [-0.25, -0.2) is 0 Å². The van der Waals surface area contributed by atoms with E-state index < -0.39 is 0 Å². The van der Waals surface area contributed by atoms with Gasteiger partial charge in [-0.05, 0) is 30.2 Å². The monoisotopic (exact) mass is 350 g/mol. The van der Waals surface area contributed by atoms with Crippen LogP contribution in [0.15, 0.2) is 59.1 Å². The van der Waals surface area contributed by atoms with Crippen molar-refractivity contribution < 1.29 is 9.32 Å². The Morgan fingerprint density at radius 2 is 1.81 bits per heavy atom. The fourth-order valence-corrected chi connectivity index (χ4v) is 2.56. The van der Waals surface area contributed by atoms with Crippen LogP contribution in [0, 0.1) is 0 Å². The van der Waals surface area contributed by atoms with E-state index in [2.05, 4.69) is 20.8 Å². The molecule has 0 bridgehead atoms. The normalized spacial score (nSPS) is 11.9. The summed E-state index contributed by atoms with van der Waals surface area (Å²) in [6.45, 7) is 4.15. The van der Waals surface area contributed by atoms with E-state index in [1.165, 1.54) is 6.92 Å². The highest BCUT2D eigenvalue weighted by molar-refractivity contribution is 5.88. The summed E-state index contributed by atoms with van der Waals surface area (Å²) in [5.74, 6) is 1.18. The van der Waals surface area contributed by atoms with Crippen LogP contribution in [0.2, 0.25) is 0 Å². The summed E-state index contributed by atoms with van der Waals surface area (Å²) >= 11 is 0. The zero-order valence-corrected chi connectivity index (χ0v) is 14.9. The van der Waals surface area contributed by atoms with Gasteiger partial charge in [0.05, 0.1) is 6.04 Å². The molecule has 0 aliphatic rings. The molecule has 0 saturated heterocycles. The predicted octanol–water partition coefficient (Wildman–Crippen LogP) is 3.47. The molecule has 6 heteroatoms. The highest BCUT2D eigenvalue weighted by Crippen LogP contribution is 2.14. The number of aromatic nitrogens is 2. The van der Waals surface area contributed by atoms with Crippen molar-refractivity contribution in [3.63, 3.8) is 0 Å². The summed E-state index contributed by atoms with van der Waals surface area (Å²) in [7, 11) is 0. The molecule has 1 atom stereocenters. The minimum atomic E-state index is -0.0767. The Morgan fingerprint density at radius 1 is 1.08 bits per heavy atom. The average molecular weight is 350 g/mol. The maximum absolute atomic E-state index is 11.0. The molecule has 3 rings (SSSR count). The molecule has 0 saturated carbocycles. The van der Waals surface area contributed by atoms with Crippen molar-refractivity contribution in [1.82, 2.24) is 15.5 Å². The quantitative estimate of drug-likeness (QED) is 0.682. The molecule has 0 radical (unpaired) electrons. The van der Waals surface area contributed by atoms with E-state index in [1.54, 1.807) is 0 Å². The minimum Gasteiger partial charge on any atom is -0.338 e. The molecule has 26 heavy (non-hydrogen) atoms. The van der Waals surface area contributed by atoms with E-state index in [-0.39, 0.29) is 11.9 Å². The van der Waals surface area contributed by atoms with Crippen LogP contribution in [0.3, 0.4) is 0 Å². The Bertz CT molecular complexity index is 844. The van der Waals surface area contributed by atoms with Crippen LogP contribution in [0.4, 0.5) is 5.69 Å². The number of nitrogens with zero attached hydrogens (tertiary/aromatic N) is 2. The van der Waals surface area contributed by atoms with Crippen LogP contribution < -0.4 is 10.6 Å². The number of carbonyl (C=O) groups is 1. The number of amides is 1. The Hall–Kier alpha value is -2.99. The number of hydrogen-bond acceptors (Lipinski definition) is 5. The van der Waals surface area contributed by atoms with Gasteiger partial charge >= 0.3 is 0 Å². The van der Waals surface area contributed by atoms with Gasteiger partial charge in [-0.2, -0.15) is 4.98 Å². The van der Waals surface area contributed by atoms with Gasteiger partial charge in [0.25, 0.3) is 0 Å². The van der Waals surface area contributed by atoms with Gasteiger partial charge in [0.2, 0.25) is 11.8 Å². The van der Waals surface area contributed by atoms with E-state index in [4.69, 9.17) is 4.52 Å². The molecule has 0 spiro atoms. The van der Waals surface area contributed by atoms with E-state index in [1.807, 2.05) is 61.5 Å². The summed E-state index contributed by atoms with van der Waals surface area (Å²) in [5.41, 5.74) is 3.05. The zero-order chi connectivity index (χ0) is 18.4. The van der Waals surface area contributed by atoms with E-state index in [9.17, 15) is 4.79 Å². The van der Waals surface area contributed by atoms with Gasteiger partial charge in [0, 0.05) is 25.6 Å². The van der Waals surface area contributed by atoms with Gasteiger partial charge < -0.3 is 15.2 Å². The number of carbonyl (C=O) groups excluding carboxylic acids is 1. The lowest BCUT2D eigenvalue weighted by atomic mass is 10.1. The third kappa shape index (κ3) is 5.00. The topological polar surface area (TPSA) is 80.0 Å². The Kier molecular flexibility index (Phi) is 5.76. The molecule has 0 aliphatic carbocycles. The Morgan fingerprint density at radius 3 is 2.50 bits per heavy atom. The highest BCUT2D eigenvalue weighted by atomic mass is 16.5. The van der Waals surface area contributed by atoms with Crippen LogP contribution in [0.5, 0.6) is 0 Å². The molecule has 1 heterocycles. The minimum absolute atomic E-state index is 0.0537. The maximum atomic E-state index is 11.0. The zero-order valence-electron chi connectivity index (χ0n) is 14.9. The van der Waals surface area contributed by atoms with Crippen molar-refractivity contribution in [3.8, 4) is 0 Å². The number of nitrogens with one attached hydrogen (secondary N) is 2. The standard InChI is InChI=1S/C20H22N4O2/c1-14(21-13-17-8-10-18(11-9-17)22-15(2)25)20-23-19(24-26-20)12-16-6-4-3-5-7-16/h3-11,14,21H,12-13H2,1-2H3,(H,22,25). The molecule has 134 valence electrons. The van der Waals surface area contributed by atoms with Crippen molar-refractivity contribution >= 4 is 11.6 Å². The molecule has 1 amide bonds. The summed E-state index contributed by atoms with van der Waals surface area (Å²) in [5, 5.41) is 10.2. The first-order valence-electron chi connectivity index (χ1n) is 8.56. The second kappa shape index (κ2) is 8.40. The van der Waals surface area contributed by atoms with Crippen LogP contribution in [0.25, 0.3) is 0 Å². The first-order valence-corrected chi connectivity index (χ1v) is 8.56. The third-order valence-electron chi connectivity index (χ3n) is 3.95. The fraction of sp³-hybridized carbons (Fsp3) is 0.250. The third-order valence-corrected chi connectivity index (χ3v) is 3.95.